The zero-order valence-corrected chi connectivity index (χ0v) is 12.6. The van der Waals surface area contributed by atoms with Crippen molar-refractivity contribution in [1.29, 1.82) is 0 Å². The molecule has 0 bridgehead atoms. The standard InChI is InChI=1S/C16H27NO2/c1-13(2)17(8-5-10-18)9-11-19-16-12-14(3)6-7-15(16)4/h6-7,12-13,18H,5,8-11H2,1-4H3. The summed E-state index contributed by atoms with van der Waals surface area (Å²) in [7, 11) is 0. The molecule has 0 fully saturated rings. The number of aliphatic hydroxyl groups is 1. The van der Waals surface area contributed by atoms with E-state index in [1.165, 1.54) is 11.1 Å². The quantitative estimate of drug-likeness (QED) is 0.784. The Bertz CT molecular complexity index is 377. The van der Waals surface area contributed by atoms with Gasteiger partial charge in [-0.2, -0.15) is 0 Å². The Morgan fingerprint density at radius 3 is 2.58 bits per heavy atom. The predicted molar refractivity (Wildman–Crippen MR) is 79.8 cm³/mol. The zero-order chi connectivity index (χ0) is 14.3. The first-order valence-electron chi connectivity index (χ1n) is 7.09. The summed E-state index contributed by atoms with van der Waals surface area (Å²) in [6.45, 7) is 11.3. The molecule has 1 aromatic carbocycles. The smallest absolute Gasteiger partial charge is 0.122 e. The monoisotopic (exact) mass is 265 g/mol. The minimum atomic E-state index is 0.251. The molecule has 108 valence electrons. The Kier molecular flexibility index (Phi) is 6.89. The third kappa shape index (κ3) is 5.62. The van der Waals surface area contributed by atoms with Crippen LogP contribution in [0.4, 0.5) is 0 Å². The summed E-state index contributed by atoms with van der Waals surface area (Å²) in [5, 5.41) is 8.91. The van der Waals surface area contributed by atoms with Crippen molar-refractivity contribution in [1.82, 2.24) is 4.90 Å². The van der Waals surface area contributed by atoms with Crippen molar-refractivity contribution >= 4 is 0 Å². The lowest BCUT2D eigenvalue weighted by molar-refractivity contribution is 0.160. The molecule has 0 aromatic heterocycles. The van der Waals surface area contributed by atoms with Gasteiger partial charge in [0.05, 0.1) is 0 Å². The summed E-state index contributed by atoms with van der Waals surface area (Å²) >= 11 is 0. The molecule has 0 saturated heterocycles. The maximum atomic E-state index is 8.91. The number of hydrogen-bond donors (Lipinski definition) is 1. The van der Waals surface area contributed by atoms with Crippen LogP contribution in [0.2, 0.25) is 0 Å². The fourth-order valence-corrected chi connectivity index (χ4v) is 2.04. The number of aliphatic hydroxyl groups excluding tert-OH is 1. The largest absolute Gasteiger partial charge is 0.492 e. The van der Waals surface area contributed by atoms with Gasteiger partial charge in [-0.05, 0) is 51.3 Å². The minimum Gasteiger partial charge on any atom is -0.492 e. The normalized spacial score (nSPS) is 11.3. The minimum absolute atomic E-state index is 0.251. The van der Waals surface area contributed by atoms with E-state index in [9.17, 15) is 0 Å². The molecular formula is C16H27NO2. The van der Waals surface area contributed by atoms with E-state index >= 15 is 0 Å². The molecule has 0 radical (unpaired) electrons. The van der Waals surface area contributed by atoms with E-state index in [4.69, 9.17) is 9.84 Å². The van der Waals surface area contributed by atoms with Crippen LogP contribution in [0, 0.1) is 13.8 Å². The highest BCUT2D eigenvalue weighted by Crippen LogP contribution is 2.19. The molecule has 3 heteroatoms. The summed E-state index contributed by atoms with van der Waals surface area (Å²) in [6.07, 6.45) is 0.821. The van der Waals surface area contributed by atoms with Gasteiger partial charge < -0.3 is 9.84 Å². The third-order valence-electron chi connectivity index (χ3n) is 3.31. The van der Waals surface area contributed by atoms with Crippen LogP contribution in [0.15, 0.2) is 18.2 Å². The molecule has 0 aliphatic heterocycles. The maximum absolute atomic E-state index is 8.91. The van der Waals surface area contributed by atoms with E-state index < -0.39 is 0 Å². The van der Waals surface area contributed by atoms with E-state index in [0.717, 1.165) is 25.3 Å². The topological polar surface area (TPSA) is 32.7 Å². The van der Waals surface area contributed by atoms with Gasteiger partial charge in [0.1, 0.15) is 12.4 Å². The van der Waals surface area contributed by atoms with Gasteiger partial charge in [0.15, 0.2) is 0 Å². The number of benzene rings is 1. The van der Waals surface area contributed by atoms with Crippen LogP contribution in [-0.4, -0.2) is 42.4 Å². The van der Waals surface area contributed by atoms with Gasteiger partial charge in [-0.15, -0.1) is 0 Å². The first kappa shape index (κ1) is 16.0. The van der Waals surface area contributed by atoms with E-state index in [2.05, 4.69) is 50.8 Å². The van der Waals surface area contributed by atoms with Crippen molar-refractivity contribution in [2.24, 2.45) is 0 Å². The van der Waals surface area contributed by atoms with Crippen LogP contribution in [0.3, 0.4) is 0 Å². The highest BCUT2D eigenvalue weighted by molar-refractivity contribution is 5.35. The molecular weight excluding hydrogens is 238 g/mol. The highest BCUT2D eigenvalue weighted by Gasteiger charge is 2.09. The first-order valence-corrected chi connectivity index (χ1v) is 7.09. The van der Waals surface area contributed by atoms with Crippen molar-refractivity contribution in [2.75, 3.05) is 26.3 Å². The Balaban J connectivity index is 2.44. The SMILES string of the molecule is Cc1ccc(C)c(OCCN(CCCO)C(C)C)c1. The maximum Gasteiger partial charge on any atom is 0.122 e. The number of nitrogens with zero attached hydrogens (tertiary/aromatic N) is 1. The zero-order valence-electron chi connectivity index (χ0n) is 12.6. The van der Waals surface area contributed by atoms with Crippen LogP contribution in [-0.2, 0) is 0 Å². The molecule has 0 unspecified atom stereocenters. The lowest BCUT2D eigenvalue weighted by Gasteiger charge is -2.26. The molecule has 19 heavy (non-hydrogen) atoms. The number of hydrogen-bond acceptors (Lipinski definition) is 3. The van der Waals surface area contributed by atoms with Gasteiger partial charge in [0.25, 0.3) is 0 Å². The molecule has 1 N–H and O–H groups in total. The van der Waals surface area contributed by atoms with Crippen LogP contribution in [0.5, 0.6) is 5.75 Å². The van der Waals surface area contributed by atoms with Crippen molar-refractivity contribution in [3.8, 4) is 5.75 Å². The summed E-state index contributed by atoms with van der Waals surface area (Å²) in [5.41, 5.74) is 2.40. The predicted octanol–water partition coefficient (Wildman–Crippen LogP) is 2.78. The number of aryl methyl sites for hydroxylation is 2. The van der Waals surface area contributed by atoms with Gasteiger partial charge in [-0.25, -0.2) is 0 Å². The molecule has 0 aliphatic carbocycles. The molecule has 1 aromatic rings. The summed E-state index contributed by atoms with van der Waals surface area (Å²) in [5.74, 6) is 0.978. The molecule has 1 rings (SSSR count). The van der Waals surface area contributed by atoms with Crippen molar-refractivity contribution < 1.29 is 9.84 Å². The third-order valence-corrected chi connectivity index (χ3v) is 3.31. The van der Waals surface area contributed by atoms with Crippen molar-refractivity contribution in [3.63, 3.8) is 0 Å². The first-order chi connectivity index (χ1) is 9.04. The van der Waals surface area contributed by atoms with Crippen LogP contribution in [0.1, 0.15) is 31.4 Å². The molecule has 0 spiro atoms. The molecule has 0 amide bonds. The second kappa shape index (κ2) is 8.18. The van der Waals surface area contributed by atoms with Gasteiger partial charge in [0, 0.05) is 25.7 Å². The van der Waals surface area contributed by atoms with Crippen LogP contribution in [0.25, 0.3) is 0 Å². The van der Waals surface area contributed by atoms with Gasteiger partial charge in [-0.3, -0.25) is 4.90 Å². The number of ether oxygens (including phenoxy) is 1. The second-order valence-electron chi connectivity index (χ2n) is 5.32. The van der Waals surface area contributed by atoms with Gasteiger partial charge in [-0.1, -0.05) is 12.1 Å². The van der Waals surface area contributed by atoms with Crippen molar-refractivity contribution in [2.45, 2.75) is 40.2 Å². The highest BCUT2D eigenvalue weighted by atomic mass is 16.5. The summed E-state index contributed by atoms with van der Waals surface area (Å²) in [4.78, 5) is 2.33. The van der Waals surface area contributed by atoms with Crippen molar-refractivity contribution in [3.05, 3.63) is 29.3 Å². The van der Waals surface area contributed by atoms with Crippen LogP contribution >= 0.6 is 0 Å². The van der Waals surface area contributed by atoms with E-state index in [0.29, 0.717) is 12.6 Å². The Morgan fingerprint density at radius 1 is 1.21 bits per heavy atom. The van der Waals surface area contributed by atoms with E-state index in [1.54, 1.807) is 0 Å². The fourth-order valence-electron chi connectivity index (χ4n) is 2.04. The van der Waals surface area contributed by atoms with Gasteiger partial charge >= 0.3 is 0 Å². The lowest BCUT2D eigenvalue weighted by Crippen LogP contribution is -2.35. The van der Waals surface area contributed by atoms with Gasteiger partial charge in [0.2, 0.25) is 0 Å². The summed E-state index contributed by atoms with van der Waals surface area (Å²) in [6, 6.07) is 6.76. The molecule has 0 saturated carbocycles. The average Bonchev–Trinajstić information content (AvgIpc) is 2.37. The number of rotatable bonds is 8. The van der Waals surface area contributed by atoms with Crippen LogP contribution < -0.4 is 4.74 Å². The fraction of sp³-hybridized carbons (Fsp3) is 0.625. The Labute approximate surface area is 117 Å². The summed E-state index contributed by atoms with van der Waals surface area (Å²) < 4.78 is 5.87. The Morgan fingerprint density at radius 2 is 1.95 bits per heavy atom. The van der Waals surface area contributed by atoms with E-state index in [-0.39, 0.29) is 6.61 Å². The van der Waals surface area contributed by atoms with E-state index in [1.807, 2.05) is 0 Å². The second-order valence-corrected chi connectivity index (χ2v) is 5.32. The molecule has 3 nitrogen and oxygen atoms in total. The molecule has 0 atom stereocenters. The average molecular weight is 265 g/mol. The molecule has 0 heterocycles. The lowest BCUT2D eigenvalue weighted by atomic mass is 10.1. The Hall–Kier alpha value is -1.06. The molecule has 0 aliphatic rings.